The first-order valence-electron chi connectivity index (χ1n) is 7.41. The first kappa shape index (κ1) is 18.5. The van der Waals surface area contributed by atoms with Crippen molar-refractivity contribution in [3.05, 3.63) is 54.6 Å². The molecule has 0 fully saturated rings. The van der Waals surface area contributed by atoms with Crippen molar-refractivity contribution in [1.29, 1.82) is 0 Å². The van der Waals surface area contributed by atoms with Gasteiger partial charge in [-0.3, -0.25) is 4.79 Å². The SMILES string of the molecule is C=CCOc1ccc(C(=O)OCC(=O)N(CC)CC(=C)C)cc1. The van der Waals surface area contributed by atoms with E-state index >= 15 is 0 Å². The van der Waals surface area contributed by atoms with Gasteiger partial charge in [-0.15, -0.1) is 0 Å². The van der Waals surface area contributed by atoms with E-state index in [0.29, 0.717) is 31.0 Å². The molecule has 0 aliphatic carbocycles. The van der Waals surface area contributed by atoms with Gasteiger partial charge < -0.3 is 14.4 Å². The number of hydrogen-bond acceptors (Lipinski definition) is 4. The van der Waals surface area contributed by atoms with Gasteiger partial charge in [-0.2, -0.15) is 0 Å². The Kier molecular flexibility index (Phi) is 7.60. The second kappa shape index (κ2) is 9.46. The molecule has 0 saturated carbocycles. The molecule has 1 aromatic carbocycles. The molecule has 0 spiro atoms. The monoisotopic (exact) mass is 317 g/mol. The standard InChI is InChI=1S/C18H23NO4/c1-5-11-22-16-9-7-15(8-10-16)18(21)23-13-17(20)19(6-2)12-14(3)4/h5,7-10H,1,3,6,11-13H2,2,4H3. The second-order valence-corrected chi connectivity index (χ2v) is 5.07. The summed E-state index contributed by atoms with van der Waals surface area (Å²) in [5.74, 6) is -0.147. The number of benzene rings is 1. The zero-order valence-corrected chi connectivity index (χ0v) is 13.7. The molecule has 0 unspecified atom stereocenters. The number of rotatable bonds is 9. The van der Waals surface area contributed by atoms with Crippen LogP contribution in [0.3, 0.4) is 0 Å². The summed E-state index contributed by atoms with van der Waals surface area (Å²) in [6, 6.07) is 6.52. The van der Waals surface area contributed by atoms with E-state index in [1.807, 2.05) is 13.8 Å². The Balaban J connectivity index is 2.53. The Morgan fingerprint density at radius 2 is 1.91 bits per heavy atom. The molecule has 0 saturated heterocycles. The number of ether oxygens (including phenoxy) is 2. The lowest BCUT2D eigenvalue weighted by Crippen LogP contribution is -2.35. The minimum absolute atomic E-state index is 0.241. The first-order valence-corrected chi connectivity index (χ1v) is 7.41. The fraction of sp³-hybridized carbons (Fsp3) is 0.333. The average Bonchev–Trinajstić information content (AvgIpc) is 2.55. The lowest BCUT2D eigenvalue weighted by molar-refractivity contribution is -0.133. The fourth-order valence-corrected chi connectivity index (χ4v) is 1.85. The van der Waals surface area contributed by atoms with E-state index in [9.17, 15) is 9.59 Å². The van der Waals surface area contributed by atoms with Crippen LogP contribution in [0.5, 0.6) is 5.75 Å². The third-order valence-corrected chi connectivity index (χ3v) is 2.98. The predicted molar refractivity (Wildman–Crippen MR) is 89.5 cm³/mol. The quantitative estimate of drug-likeness (QED) is 0.519. The Hall–Kier alpha value is -2.56. The minimum Gasteiger partial charge on any atom is -0.490 e. The Morgan fingerprint density at radius 3 is 2.43 bits per heavy atom. The summed E-state index contributed by atoms with van der Waals surface area (Å²) in [5, 5.41) is 0. The maximum Gasteiger partial charge on any atom is 0.338 e. The van der Waals surface area contributed by atoms with Crippen LogP contribution >= 0.6 is 0 Å². The van der Waals surface area contributed by atoms with Crippen LogP contribution in [0.4, 0.5) is 0 Å². The lowest BCUT2D eigenvalue weighted by atomic mass is 10.2. The van der Waals surface area contributed by atoms with Gasteiger partial charge in [-0.1, -0.05) is 24.8 Å². The molecule has 23 heavy (non-hydrogen) atoms. The summed E-state index contributed by atoms with van der Waals surface area (Å²) < 4.78 is 10.4. The van der Waals surface area contributed by atoms with Crippen molar-refractivity contribution < 1.29 is 19.1 Å². The van der Waals surface area contributed by atoms with Crippen LogP contribution in [-0.2, 0) is 9.53 Å². The van der Waals surface area contributed by atoms with E-state index in [1.54, 1.807) is 35.2 Å². The number of carbonyl (C=O) groups is 2. The van der Waals surface area contributed by atoms with Gasteiger partial charge in [0, 0.05) is 13.1 Å². The van der Waals surface area contributed by atoms with Crippen LogP contribution in [0.25, 0.3) is 0 Å². The van der Waals surface area contributed by atoms with E-state index < -0.39 is 5.97 Å². The van der Waals surface area contributed by atoms with Crippen LogP contribution in [0.15, 0.2) is 49.1 Å². The molecule has 0 aromatic heterocycles. The third-order valence-electron chi connectivity index (χ3n) is 2.98. The van der Waals surface area contributed by atoms with Crippen LogP contribution in [0.1, 0.15) is 24.2 Å². The zero-order chi connectivity index (χ0) is 17.2. The van der Waals surface area contributed by atoms with Gasteiger partial charge in [0.2, 0.25) is 0 Å². The van der Waals surface area contributed by atoms with Gasteiger partial charge in [-0.25, -0.2) is 4.79 Å². The van der Waals surface area contributed by atoms with E-state index in [4.69, 9.17) is 9.47 Å². The summed E-state index contributed by atoms with van der Waals surface area (Å²) in [7, 11) is 0. The van der Waals surface area contributed by atoms with Crippen molar-refractivity contribution in [3.63, 3.8) is 0 Å². The molecule has 0 heterocycles. The fourth-order valence-electron chi connectivity index (χ4n) is 1.85. The molecule has 0 aliphatic heterocycles. The Morgan fingerprint density at radius 1 is 1.26 bits per heavy atom. The van der Waals surface area contributed by atoms with Crippen molar-refractivity contribution in [2.75, 3.05) is 26.3 Å². The lowest BCUT2D eigenvalue weighted by Gasteiger charge is -2.20. The number of likely N-dealkylation sites (N-methyl/N-ethyl adjacent to an activating group) is 1. The summed E-state index contributed by atoms with van der Waals surface area (Å²) in [6.45, 7) is 12.2. The molecule has 124 valence electrons. The minimum atomic E-state index is -0.542. The molecule has 5 heteroatoms. The van der Waals surface area contributed by atoms with Crippen molar-refractivity contribution in [2.45, 2.75) is 13.8 Å². The molecular formula is C18H23NO4. The Labute approximate surface area is 137 Å². The number of nitrogens with zero attached hydrogens (tertiary/aromatic N) is 1. The van der Waals surface area contributed by atoms with Gasteiger partial charge in [-0.05, 0) is 38.1 Å². The number of esters is 1. The van der Waals surface area contributed by atoms with Crippen molar-refractivity contribution in [1.82, 2.24) is 4.90 Å². The first-order chi connectivity index (χ1) is 11.0. The van der Waals surface area contributed by atoms with Crippen LogP contribution in [-0.4, -0.2) is 43.1 Å². The predicted octanol–water partition coefficient (Wildman–Crippen LogP) is 2.83. The van der Waals surface area contributed by atoms with Crippen LogP contribution < -0.4 is 4.74 Å². The van der Waals surface area contributed by atoms with Crippen molar-refractivity contribution >= 4 is 11.9 Å². The summed E-state index contributed by atoms with van der Waals surface area (Å²) in [6.07, 6.45) is 1.64. The van der Waals surface area contributed by atoms with E-state index in [1.165, 1.54) is 0 Å². The van der Waals surface area contributed by atoms with Gasteiger partial charge in [0.1, 0.15) is 12.4 Å². The molecule has 1 aromatic rings. The van der Waals surface area contributed by atoms with Gasteiger partial charge in [0.05, 0.1) is 5.56 Å². The van der Waals surface area contributed by atoms with Crippen LogP contribution in [0.2, 0.25) is 0 Å². The normalized spacial score (nSPS) is 9.83. The van der Waals surface area contributed by atoms with Gasteiger partial charge in [0.25, 0.3) is 5.91 Å². The van der Waals surface area contributed by atoms with Gasteiger partial charge in [0.15, 0.2) is 6.61 Å². The highest BCUT2D eigenvalue weighted by atomic mass is 16.5. The summed E-state index contributed by atoms with van der Waals surface area (Å²) in [5.41, 5.74) is 1.24. The van der Waals surface area contributed by atoms with E-state index in [2.05, 4.69) is 13.2 Å². The van der Waals surface area contributed by atoms with Crippen LogP contribution in [0, 0.1) is 0 Å². The topological polar surface area (TPSA) is 55.8 Å². The number of carbonyl (C=O) groups excluding carboxylic acids is 2. The largest absolute Gasteiger partial charge is 0.490 e. The maximum atomic E-state index is 12.0. The maximum absolute atomic E-state index is 12.0. The molecule has 1 amide bonds. The van der Waals surface area contributed by atoms with Gasteiger partial charge >= 0.3 is 5.97 Å². The second-order valence-electron chi connectivity index (χ2n) is 5.07. The Bertz CT molecular complexity index is 563. The average molecular weight is 317 g/mol. The summed E-state index contributed by atoms with van der Waals surface area (Å²) >= 11 is 0. The smallest absolute Gasteiger partial charge is 0.338 e. The highest BCUT2D eigenvalue weighted by molar-refractivity contribution is 5.91. The van der Waals surface area contributed by atoms with Crippen molar-refractivity contribution in [2.24, 2.45) is 0 Å². The molecule has 1 rings (SSSR count). The highest BCUT2D eigenvalue weighted by Gasteiger charge is 2.15. The molecule has 0 aliphatic rings. The molecular weight excluding hydrogens is 294 g/mol. The number of amides is 1. The molecule has 0 bridgehead atoms. The molecule has 0 atom stereocenters. The molecule has 5 nitrogen and oxygen atoms in total. The van der Waals surface area contributed by atoms with Crippen molar-refractivity contribution in [3.8, 4) is 5.75 Å². The third kappa shape index (κ3) is 6.38. The van der Waals surface area contributed by atoms with E-state index in [0.717, 1.165) is 5.57 Å². The summed E-state index contributed by atoms with van der Waals surface area (Å²) in [4.78, 5) is 25.5. The number of hydrogen-bond donors (Lipinski definition) is 0. The zero-order valence-electron chi connectivity index (χ0n) is 13.7. The molecule has 0 N–H and O–H groups in total. The highest BCUT2D eigenvalue weighted by Crippen LogP contribution is 2.13. The van der Waals surface area contributed by atoms with E-state index in [-0.39, 0.29) is 12.5 Å². The molecule has 0 radical (unpaired) electrons.